The molecule has 2 aliphatic rings. The van der Waals surface area contributed by atoms with Gasteiger partial charge in [-0.15, -0.1) is 11.3 Å². The van der Waals surface area contributed by atoms with Gasteiger partial charge in [-0.25, -0.2) is 0 Å². The van der Waals surface area contributed by atoms with E-state index in [9.17, 15) is 0 Å². The zero-order chi connectivity index (χ0) is 10.3. The second-order valence-electron chi connectivity index (χ2n) is 4.36. The first-order valence-corrected chi connectivity index (χ1v) is 7.10. The lowest BCUT2D eigenvalue weighted by Crippen LogP contribution is -2.36. The summed E-state index contributed by atoms with van der Waals surface area (Å²) in [7, 11) is 0. The van der Waals surface area contributed by atoms with Crippen molar-refractivity contribution in [2.75, 3.05) is 0 Å². The summed E-state index contributed by atoms with van der Waals surface area (Å²) in [5, 5.41) is 5.80. The van der Waals surface area contributed by atoms with Crippen molar-refractivity contribution in [3.8, 4) is 0 Å². The van der Waals surface area contributed by atoms with Crippen LogP contribution in [0.2, 0.25) is 0 Å². The van der Waals surface area contributed by atoms with Gasteiger partial charge in [-0.2, -0.15) is 0 Å². The van der Waals surface area contributed by atoms with Crippen LogP contribution in [0.5, 0.6) is 0 Å². The molecule has 2 fully saturated rings. The molecule has 1 aromatic heterocycles. The third-order valence-corrected chi connectivity index (χ3v) is 4.85. The highest BCUT2D eigenvalue weighted by Gasteiger charge is 2.40. The van der Waals surface area contributed by atoms with Crippen LogP contribution in [-0.4, -0.2) is 18.2 Å². The van der Waals surface area contributed by atoms with Gasteiger partial charge in [0.2, 0.25) is 0 Å². The molecule has 2 aliphatic heterocycles. The average molecular weight is 288 g/mol. The van der Waals surface area contributed by atoms with Gasteiger partial charge in [-0.05, 0) is 52.2 Å². The van der Waals surface area contributed by atoms with E-state index in [-0.39, 0.29) is 0 Å². The Balaban J connectivity index is 1.54. The SMILES string of the molecule is Brc1cc(CNC2CC3CCC2O3)cs1. The molecule has 3 atom stereocenters. The molecule has 1 N–H and O–H groups in total. The summed E-state index contributed by atoms with van der Waals surface area (Å²) in [6.07, 6.45) is 4.75. The number of fused-ring (bicyclic) bond motifs is 2. The summed E-state index contributed by atoms with van der Waals surface area (Å²) < 4.78 is 7.02. The van der Waals surface area contributed by atoms with Crippen LogP contribution in [0.25, 0.3) is 0 Å². The first kappa shape index (κ1) is 10.3. The smallest absolute Gasteiger partial charge is 0.0733 e. The van der Waals surface area contributed by atoms with Crippen LogP contribution >= 0.6 is 27.3 Å². The molecular weight excluding hydrogens is 274 g/mol. The van der Waals surface area contributed by atoms with Crippen molar-refractivity contribution >= 4 is 27.3 Å². The molecule has 1 aromatic rings. The third kappa shape index (κ3) is 2.13. The molecule has 4 heteroatoms. The molecule has 0 aliphatic carbocycles. The number of rotatable bonds is 3. The van der Waals surface area contributed by atoms with Crippen molar-refractivity contribution in [3.63, 3.8) is 0 Å². The normalized spacial score (nSPS) is 33.8. The fourth-order valence-electron chi connectivity index (χ4n) is 2.54. The van der Waals surface area contributed by atoms with Gasteiger partial charge in [-0.3, -0.25) is 0 Å². The van der Waals surface area contributed by atoms with Gasteiger partial charge in [0.25, 0.3) is 0 Å². The van der Waals surface area contributed by atoms with Gasteiger partial charge in [0.05, 0.1) is 16.0 Å². The number of thiophene rings is 1. The van der Waals surface area contributed by atoms with Crippen LogP contribution in [0.4, 0.5) is 0 Å². The minimum absolute atomic E-state index is 0.483. The number of hydrogen-bond donors (Lipinski definition) is 1. The lowest BCUT2D eigenvalue weighted by molar-refractivity contribution is 0.0973. The number of nitrogens with one attached hydrogen (secondary N) is 1. The second kappa shape index (κ2) is 4.17. The van der Waals surface area contributed by atoms with Gasteiger partial charge in [-0.1, -0.05) is 0 Å². The summed E-state index contributed by atoms with van der Waals surface area (Å²) in [5.41, 5.74) is 1.37. The Kier molecular flexibility index (Phi) is 2.85. The summed E-state index contributed by atoms with van der Waals surface area (Å²) in [5.74, 6) is 0. The molecule has 0 saturated carbocycles. The minimum Gasteiger partial charge on any atom is -0.373 e. The fraction of sp³-hybridized carbons (Fsp3) is 0.636. The van der Waals surface area contributed by atoms with Gasteiger partial charge < -0.3 is 10.1 Å². The molecule has 0 aromatic carbocycles. The summed E-state index contributed by atoms with van der Waals surface area (Å²) in [6.45, 7) is 0.972. The molecule has 3 heterocycles. The fourth-order valence-corrected chi connectivity index (χ4v) is 3.75. The highest BCUT2D eigenvalue weighted by atomic mass is 79.9. The number of halogens is 1. The standard InChI is InChI=1S/C11H14BrNOS/c12-11-3-7(6-15-11)5-13-9-4-8-1-2-10(9)14-8/h3,6,8-10,13H,1-2,4-5H2. The molecule has 3 rings (SSSR count). The highest BCUT2D eigenvalue weighted by Crippen LogP contribution is 2.34. The first-order chi connectivity index (χ1) is 7.31. The Morgan fingerprint density at radius 1 is 1.53 bits per heavy atom. The molecular formula is C11H14BrNOS. The zero-order valence-corrected chi connectivity index (χ0v) is 10.8. The lowest BCUT2D eigenvalue weighted by Gasteiger charge is -2.19. The zero-order valence-electron chi connectivity index (χ0n) is 8.41. The Morgan fingerprint density at radius 2 is 2.47 bits per heavy atom. The number of ether oxygens (including phenoxy) is 1. The van der Waals surface area contributed by atoms with Crippen LogP contribution in [-0.2, 0) is 11.3 Å². The van der Waals surface area contributed by atoms with Gasteiger partial charge in [0.1, 0.15) is 0 Å². The maximum Gasteiger partial charge on any atom is 0.0733 e. The first-order valence-electron chi connectivity index (χ1n) is 5.43. The van der Waals surface area contributed by atoms with Crippen LogP contribution in [0, 0.1) is 0 Å². The van der Waals surface area contributed by atoms with Crippen molar-refractivity contribution in [2.45, 2.75) is 44.1 Å². The number of hydrogen-bond acceptors (Lipinski definition) is 3. The van der Waals surface area contributed by atoms with Crippen molar-refractivity contribution in [2.24, 2.45) is 0 Å². The van der Waals surface area contributed by atoms with E-state index in [0.717, 1.165) is 6.54 Å². The molecule has 3 unspecified atom stereocenters. The van der Waals surface area contributed by atoms with E-state index < -0.39 is 0 Å². The van der Waals surface area contributed by atoms with E-state index in [2.05, 4.69) is 32.7 Å². The molecule has 0 amide bonds. The topological polar surface area (TPSA) is 21.3 Å². The Labute approximate surface area is 102 Å². The van der Waals surface area contributed by atoms with E-state index in [1.165, 1.54) is 28.6 Å². The van der Waals surface area contributed by atoms with Gasteiger partial charge >= 0.3 is 0 Å². The third-order valence-electron chi connectivity index (χ3n) is 3.30. The Morgan fingerprint density at radius 3 is 3.07 bits per heavy atom. The van der Waals surface area contributed by atoms with Crippen LogP contribution < -0.4 is 5.32 Å². The summed E-state index contributed by atoms with van der Waals surface area (Å²) in [6, 6.07) is 2.77. The molecule has 15 heavy (non-hydrogen) atoms. The van der Waals surface area contributed by atoms with E-state index >= 15 is 0 Å². The van der Waals surface area contributed by atoms with Crippen LogP contribution in [0.15, 0.2) is 15.2 Å². The van der Waals surface area contributed by atoms with E-state index in [1.807, 2.05) is 0 Å². The lowest BCUT2D eigenvalue weighted by atomic mass is 9.95. The Bertz CT molecular complexity index is 354. The summed E-state index contributed by atoms with van der Waals surface area (Å²) in [4.78, 5) is 0. The summed E-state index contributed by atoms with van der Waals surface area (Å²) >= 11 is 5.23. The van der Waals surface area contributed by atoms with Crippen molar-refractivity contribution in [1.29, 1.82) is 0 Å². The highest BCUT2D eigenvalue weighted by molar-refractivity contribution is 9.11. The van der Waals surface area contributed by atoms with Crippen LogP contribution in [0.1, 0.15) is 24.8 Å². The monoisotopic (exact) mass is 287 g/mol. The molecule has 2 saturated heterocycles. The van der Waals surface area contributed by atoms with E-state index in [1.54, 1.807) is 11.3 Å². The van der Waals surface area contributed by atoms with Gasteiger partial charge in [0.15, 0.2) is 0 Å². The molecule has 2 bridgehead atoms. The van der Waals surface area contributed by atoms with E-state index in [4.69, 9.17) is 4.74 Å². The predicted octanol–water partition coefficient (Wildman–Crippen LogP) is 2.92. The Hall–Kier alpha value is 0.1000. The maximum atomic E-state index is 5.81. The van der Waals surface area contributed by atoms with Crippen LogP contribution in [0.3, 0.4) is 0 Å². The predicted molar refractivity (Wildman–Crippen MR) is 65.2 cm³/mol. The second-order valence-corrected chi connectivity index (χ2v) is 6.65. The molecule has 82 valence electrons. The molecule has 2 nitrogen and oxygen atoms in total. The molecule has 0 spiro atoms. The van der Waals surface area contributed by atoms with Crippen molar-refractivity contribution in [1.82, 2.24) is 5.32 Å². The van der Waals surface area contributed by atoms with Gasteiger partial charge in [0, 0.05) is 12.6 Å². The quantitative estimate of drug-likeness (QED) is 0.923. The van der Waals surface area contributed by atoms with E-state index in [0.29, 0.717) is 18.2 Å². The van der Waals surface area contributed by atoms with Crippen molar-refractivity contribution in [3.05, 3.63) is 20.8 Å². The average Bonchev–Trinajstić information content (AvgIpc) is 2.90. The largest absolute Gasteiger partial charge is 0.373 e. The minimum atomic E-state index is 0.483. The maximum absolute atomic E-state index is 5.81. The molecule has 0 radical (unpaired) electrons. The van der Waals surface area contributed by atoms with Crippen molar-refractivity contribution < 1.29 is 4.74 Å².